The summed E-state index contributed by atoms with van der Waals surface area (Å²) in [7, 11) is 4.16. The van der Waals surface area contributed by atoms with Crippen molar-refractivity contribution in [3.63, 3.8) is 0 Å². The van der Waals surface area contributed by atoms with Gasteiger partial charge in [-0.05, 0) is 29.8 Å². The van der Waals surface area contributed by atoms with Crippen LogP contribution >= 0.6 is 0 Å². The van der Waals surface area contributed by atoms with E-state index in [1.54, 1.807) is 23.3 Å². The van der Waals surface area contributed by atoms with Gasteiger partial charge >= 0.3 is 0 Å². The lowest BCUT2D eigenvalue weighted by Gasteiger charge is -2.20. The maximum atomic E-state index is 13.5. The van der Waals surface area contributed by atoms with E-state index < -0.39 is 0 Å². The number of nitrogens with zero attached hydrogens (tertiary/aromatic N) is 3. The average Bonchev–Trinajstić information content (AvgIpc) is 3.26. The second-order valence-electron chi connectivity index (χ2n) is 7.76. The fourth-order valence-corrected chi connectivity index (χ4v) is 3.55. The zero-order valence-corrected chi connectivity index (χ0v) is 17.7. The monoisotopic (exact) mass is 412 g/mol. The van der Waals surface area contributed by atoms with Crippen LogP contribution in [0.5, 0.6) is 0 Å². The molecule has 0 aliphatic heterocycles. The predicted molar refractivity (Wildman–Crippen MR) is 121 cm³/mol. The van der Waals surface area contributed by atoms with E-state index in [-0.39, 0.29) is 11.9 Å². The summed E-state index contributed by atoms with van der Waals surface area (Å²) in [6.07, 6.45) is 5.23. The second-order valence-corrected chi connectivity index (χ2v) is 7.76. The van der Waals surface area contributed by atoms with Crippen molar-refractivity contribution in [3.8, 4) is 16.9 Å². The van der Waals surface area contributed by atoms with E-state index in [0.29, 0.717) is 11.3 Å². The van der Waals surface area contributed by atoms with E-state index >= 15 is 0 Å². The van der Waals surface area contributed by atoms with Crippen molar-refractivity contribution >= 4 is 5.91 Å². The lowest BCUT2D eigenvalue weighted by Crippen LogP contribution is -3.06. The highest BCUT2D eigenvalue weighted by molar-refractivity contribution is 6.00. The Kier molecular flexibility index (Phi) is 6.19. The van der Waals surface area contributed by atoms with Gasteiger partial charge < -0.3 is 10.2 Å². The molecule has 0 aliphatic rings. The summed E-state index contributed by atoms with van der Waals surface area (Å²) in [5, 5.41) is 7.95. The van der Waals surface area contributed by atoms with Crippen LogP contribution in [0.4, 0.5) is 0 Å². The van der Waals surface area contributed by atoms with Crippen molar-refractivity contribution in [3.05, 3.63) is 103 Å². The molecule has 4 rings (SSSR count). The SMILES string of the molecule is C[NH+](C)C[C@@H](NC(=O)c1cn(-c2ccccc2)nc1-c1cccnc1)c1ccccc1. The Morgan fingerprint density at radius 3 is 2.35 bits per heavy atom. The van der Waals surface area contributed by atoms with Crippen molar-refractivity contribution in [2.45, 2.75) is 6.04 Å². The number of carbonyl (C=O) groups is 1. The maximum absolute atomic E-state index is 13.5. The standard InChI is InChI=1S/C25H25N5O/c1-29(2)18-23(19-10-5-3-6-11-19)27-25(31)22-17-30(21-13-7-4-8-14-21)28-24(22)20-12-9-15-26-16-20/h3-17,23H,18H2,1-2H3,(H,27,31)/p+1/t23-/m1/s1. The third-order valence-electron chi connectivity index (χ3n) is 5.03. The van der Waals surface area contributed by atoms with Crippen molar-refractivity contribution in [2.24, 2.45) is 0 Å². The van der Waals surface area contributed by atoms with Crippen LogP contribution in [0.2, 0.25) is 0 Å². The molecule has 2 aromatic heterocycles. The summed E-state index contributed by atoms with van der Waals surface area (Å²) in [6, 6.07) is 23.5. The first kappa shape index (κ1) is 20.5. The number of aromatic nitrogens is 3. The molecule has 1 atom stereocenters. The lowest BCUT2D eigenvalue weighted by molar-refractivity contribution is -0.860. The number of quaternary nitrogens is 1. The minimum atomic E-state index is -0.156. The van der Waals surface area contributed by atoms with E-state index in [2.05, 4.69) is 24.4 Å². The van der Waals surface area contributed by atoms with E-state index in [9.17, 15) is 4.79 Å². The van der Waals surface area contributed by atoms with Gasteiger partial charge in [-0.1, -0.05) is 48.5 Å². The second kappa shape index (κ2) is 9.36. The normalized spacial score (nSPS) is 12.0. The highest BCUT2D eigenvalue weighted by atomic mass is 16.1. The van der Waals surface area contributed by atoms with Gasteiger partial charge in [-0.2, -0.15) is 5.10 Å². The number of nitrogens with one attached hydrogen (secondary N) is 2. The smallest absolute Gasteiger partial charge is 0.255 e. The van der Waals surface area contributed by atoms with Crippen LogP contribution in [0, 0.1) is 0 Å². The highest BCUT2D eigenvalue weighted by Crippen LogP contribution is 2.24. The van der Waals surface area contributed by atoms with Gasteiger partial charge in [0, 0.05) is 24.2 Å². The fraction of sp³-hybridized carbons (Fsp3) is 0.160. The number of benzene rings is 2. The van der Waals surface area contributed by atoms with Crippen LogP contribution in [0.25, 0.3) is 16.9 Å². The van der Waals surface area contributed by atoms with Crippen LogP contribution in [0.3, 0.4) is 0 Å². The molecule has 2 heterocycles. The summed E-state index contributed by atoms with van der Waals surface area (Å²) in [5.74, 6) is -0.156. The third kappa shape index (κ3) is 4.87. The van der Waals surface area contributed by atoms with Crippen LogP contribution in [0.15, 0.2) is 91.4 Å². The van der Waals surface area contributed by atoms with Gasteiger partial charge in [0.05, 0.1) is 25.3 Å². The molecule has 0 saturated carbocycles. The van der Waals surface area contributed by atoms with E-state index in [1.807, 2.05) is 72.8 Å². The highest BCUT2D eigenvalue weighted by Gasteiger charge is 2.23. The number of hydrogen-bond donors (Lipinski definition) is 2. The van der Waals surface area contributed by atoms with Gasteiger partial charge in [0.25, 0.3) is 5.91 Å². The Morgan fingerprint density at radius 1 is 1.00 bits per heavy atom. The predicted octanol–water partition coefficient (Wildman–Crippen LogP) is 2.55. The third-order valence-corrected chi connectivity index (χ3v) is 5.03. The molecule has 2 aromatic carbocycles. The summed E-state index contributed by atoms with van der Waals surface area (Å²) < 4.78 is 1.74. The average molecular weight is 413 g/mol. The summed E-state index contributed by atoms with van der Waals surface area (Å²) in [4.78, 5) is 18.9. The molecular formula is C25H26N5O+. The van der Waals surface area contributed by atoms with Gasteiger partial charge in [0.15, 0.2) is 0 Å². The quantitative estimate of drug-likeness (QED) is 0.490. The molecule has 31 heavy (non-hydrogen) atoms. The first-order valence-electron chi connectivity index (χ1n) is 10.3. The summed E-state index contributed by atoms with van der Waals surface area (Å²) in [6.45, 7) is 0.769. The minimum Gasteiger partial charge on any atom is -0.340 e. The van der Waals surface area contributed by atoms with Crippen molar-refractivity contribution in [1.82, 2.24) is 20.1 Å². The number of para-hydroxylation sites is 1. The number of hydrogen-bond acceptors (Lipinski definition) is 3. The molecule has 0 bridgehead atoms. The molecule has 0 spiro atoms. The molecule has 1 amide bonds. The molecular weight excluding hydrogens is 386 g/mol. The van der Waals surface area contributed by atoms with Crippen LogP contribution < -0.4 is 10.2 Å². The Hall–Kier alpha value is -3.77. The Labute approximate surface area is 182 Å². The Bertz CT molecular complexity index is 1120. The number of rotatable bonds is 7. The van der Waals surface area contributed by atoms with Crippen LogP contribution in [0.1, 0.15) is 22.0 Å². The lowest BCUT2D eigenvalue weighted by atomic mass is 10.0. The van der Waals surface area contributed by atoms with E-state index in [0.717, 1.165) is 23.4 Å². The molecule has 0 unspecified atom stereocenters. The largest absolute Gasteiger partial charge is 0.340 e. The van der Waals surface area contributed by atoms with E-state index in [1.165, 1.54) is 4.90 Å². The molecule has 6 heteroatoms. The van der Waals surface area contributed by atoms with Crippen LogP contribution in [-0.2, 0) is 0 Å². The fourth-order valence-electron chi connectivity index (χ4n) is 3.55. The topological polar surface area (TPSA) is 64.2 Å². The first-order valence-corrected chi connectivity index (χ1v) is 10.3. The number of likely N-dealkylation sites (N-methyl/N-ethyl adjacent to an activating group) is 1. The first-order chi connectivity index (χ1) is 15.1. The molecule has 6 nitrogen and oxygen atoms in total. The molecule has 0 radical (unpaired) electrons. The van der Waals surface area contributed by atoms with Crippen LogP contribution in [-0.4, -0.2) is 41.3 Å². The Balaban J connectivity index is 1.71. The molecule has 0 aliphatic carbocycles. The van der Waals surface area contributed by atoms with Crippen molar-refractivity contribution in [2.75, 3.05) is 20.6 Å². The van der Waals surface area contributed by atoms with Crippen molar-refractivity contribution < 1.29 is 9.69 Å². The summed E-state index contributed by atoms with van der Waals surface area (Å²) >= 11 is 0. The van der Waals surface area contributed by atoms with E-state index in [4.69, 9.17) is 5.10 Å². The van der Waals surface area contributed by atoms with Gasteiger partial charge in [0.2, 0.25) is 0 Å². The maximum Gasteiger partial charge on any atom is 0.255 e. The van der Waals surface area contributed by atoms with Crippen molar-refractivity contribution in [1.29, 1.82) is 0 Å². The Morgan fingerprint density at radius 2 is 1.71 bits per heavy atom. The zero-order valence-electron chi connectivity index (χ0n) is 17.7. The molecule has 156 valence electrons. The van der Waals surface area contributed by atoms with Gasteiger partial charge in [-0.25, -0.2) is 4.68 Å². The molecule has 4 aromatic rings. The van der Waals surface area contributed by atoms with Gasteiger partial charge in [-0.15, -0.1) is 0 Å². The molecule has 2 N–H and O–H groups in total. The number of carbonyl (C=O) groups excluding carboxylic acids is 1. The molecule has 0 saturated heterocycles. The minimum absolute atomic E-state index is 0.111. The van der Waals surface area contributed by atoms with Gasteiger partial charge in [-0.3, -0.25) is 9.78 Å². The van der Waals surface area contributed by atoms with Gasteiger partial charge in [0.1, 0.15) is 18.3 Å². The number of pyridine rings is 1. The molecule has 0 fully saturated rings. The zero-order chi connectivity index (χ0) is 21.6. The number of amides is 1. The summed E-state index contributed by atoms with van der Waals surface area (Å²) in [5.41, 5.74) is 3.90.